The van der Waals surface area contributed by atoms with Crippen LogP contribution in [0.5, 0.6) is 0 Å². The number of rotatable bonds is 4. The van der Waals surface area contributed by atoms with Crippen molar-refractivity contribution in [2.45, 2.75) is 71.8 Å². The number of carbonyl (C=O) groups excluding carboxylic acids is 1. The molecule has 3 nitrogen and oxygen atoms in total. The molecular weight excluding hydrogens is 406 g/mol. The molecule has 5 rings (SSSR count). The molecule has 6 atom stereocenters. The number of aromatic nitrogens is 1. The molecule has 0 N–H and O–H groups in total. The molecule has 0 bridgehead atoms. The van der Waals surface area contributed by atoms with Gasteiger partial charge in [-0.3, -0.25) is 4.98 Å². The topological polar surface area (TPSA) is 39.2 Å². The predicted octanol–water partition coefficient (Wildman–Crippen LogP) is 7.08. The Kier molecular flexibility index (Phi) is 5.93. The van der Waals surface area contributed by atoms with E-state index in [1.165, 1.54) is 42.9 Å². The zero-order chi connectivity index (χ0) is 23.1. The fourth-order valence-corrected chi connectivity index (χ4v) is 7.71. The largest absolute Gasteiger partial charge is 0.459 e. The van der Waals surface area contributed by atoms with Gasteiger partial charge >= 0.3 is 5.97 Å². The Hall–Kier alpha value is -2.42. The van der Waals surface area contributed by atoms with Crippen LogP contribution < -0.4 is 0 Å². The summed E-state index contributed by atoms with van der Waals surface area (Å²) in [6.07, 6.45) is 24.0. The van der Waals surface area contributed by atoms with Crippen LogP contribution in [0.3, 0.4) is 0 Å². The van der Waals surface area contributed by atoms with Crippen molar-refractivity contribution >= 4 is 11.5 Å². The molecular formula is C30H37NO2. The summed E-state index contributed by atoms with van der Waals surface area (Å²) in [5.41, 5.74) is 4.90. The first-order valence-corrected chi connectivity index (χ1v) is 12.8. The van der Waals surface area contributed by atoms with Gasteiger partial charge in [0.05, 0.1) is 0 Å². The minimum Gasteiger partial charge on any atom is -0.459 e. The van der Waals surface area contributed by atoms with Crippen LogP contribution in [-0.4, -0.2) is 17.1 Å². The van der Waals surface area contributed by atoms with E-state index in [1.54, 1.807) is 11.6 Å². The number of pyridine rings is 1. The highest BCUT2D eigenvalue weighted by Gasteiger charge is 2.57. The number of hydrogen-bond donors (Lipinski definition) is 0. The maximum Gasteiger partial charge on any atom is 0.331 e. The average molecular weight is 444 g/mol. The van der Waals surface area contributed by atoms with E-state index in [-0.39, 0.29) is 22.9 Å². The molecule has 0 saturated heterocycles. The van der Waals surface area contributed by atoms with E-state index in [4.69, 9.17) is 4.74 Å². The Balaban J connectivity index is 1.32. The maximum absolute atomic E-state index is 12.2. The van der Waals surface area contributed by atoms with Crippen molar-refractivity contribution < 1.29 is 9.53 Å². The van der Waals surface area contributed by atoms with Gasteiger partial charge in [-0.15, -0.1) is 0 Å². The van der Waals surface area contributed by atoms with Gasteiger partial charge in [-0.1, -0.05) is 55.9 Å². The highest BCUT2D eigenvalue weighted by atomic mass is 16.5. The summed E-state index contributed by atoms with van der Waals surface area (Å²) in [5, 5.41) is 0. The minimum absolute atomic E-state index is 0.0165. The zero-order valence-corrected chi connectivity index (χ0v) is 20.3. The van der Waals surface area contributed by atoms with Crippen molar-refractivity contribution in [3.8, 4) is 0 Å². The SMILES string of the molecule is C/C=C/C=C/C(=O)O[C@H]1CC[C@@]2(C)C(=CC[C@@H]3[C@@H]2CC[C@]2(C)C(c4cccnc4)=CC[C@@H]32)C1. The molecule has 33 heavy (non-hydrogen) atoms. The molecule has 0 amide bonds. The van der Waals surface area contributed by atoms with Gasteiger partial charge in [0.1, 0.15) is 6.10 Å². The van der Waals surface area contributed by atoms with Gasteiger partial charge in [-0.05, 0) is 91.2 Å². The van der Waals surface area contributed by atoms with Crippen LogP contribution in [0.25, 0.3) is 5.57 Å². The molecule has 2 fully saturated rings. The third-order valence-corrected chi connectivity index (χ3v) is 9.43. The molecule has 1 aromatic heterocycles. The molecule has 3 heteroatoms. The Morgan fingerprint density at radius 3 is 2.73 bits per heavy atom. The molecule has 2 saturated carbocycles. The first-order chi connectivity index (χ1) is 16.0. The monoisotopic (exact) mass is 443 g/mol. The lowest BCUT2D eigenvalue weighted by Crippen LogP contribution is -2.50. The van der Waals surface area contributed by atoms with Crippen LogP contribution in [0.2, 0.25) is 0 Å². The summed E-state index contributed by atoms with van der Waals surface area (Å²) in [5.74, 6) is 1.98. The second-order valence-corrected chi connectivity index (χ2v) is 11.0. The quantitative estimate of drug-likeness (QED) is 0.216. The van der Waals surface area contributed by atoms with Crippen molar-refractivity contribution in [1.29, 1.82) is 0 Å². The second-order valence-electron chi connectivity index (χ2n) is 11.0. The van der Waals surface area contributed by atoms with E-state index in [0.29, 0.717) is 5.92 Å². The van der Waals surface area contributed by atoms with Gasteiger partial charge in [0.2, 0.25) is 0 Å². The van der Waals surface area contributed by atoms with Gasteiger partial charge in [0, 0.05) is 24.9 Å². The molecule has 174 valence electrons. The summed E-state index contributed by atoms with van der Waals surface area (Å²) in [7, 11) is 0. The zero-order valence-electron chi connectivity index (χ0n) is 20.3. The third kappa shape index (κ3) is 3.84. The first-order valence-electron chi connectivity index (χ1n) is 12.8. The predicted molar refractivity (Wildman–Crippen MR) is 133 cm³/mol. The lowest BCUT2D eigenvalue weighted by Gasteiger charge is -2.57. The molecule has 0 radical (unpaired) electrons. The van der Waals surface area contributed by atoms with Crippen LogP contribution in [-0.2, 0) is 9.53 Å². The lowest BCUT2D eigenvalue weighted by molar-refractivity contribution is -0.145. The number of allylic oxidation sites excluding steroid dienone is 6. The summed E-state index contributed by atoms with van der Waals surface area (Å²) in [6, 6.07) is 4.30. The Morgan fingerprint density at radius 2 is 1.94 bits per heavy atom. The van der Waals surface area contributed by atoms with Gasteiger partial charge in [0.25, 0.3) is 0 Å². The lowest BCUT2D eigenvalue weighted by atomic mass is 9.47. The standard InChI is InChI=1S/C30H37NO2/c1-4-5-6-9-28(32)33-23-14-16-29(2)22(19-23)10-11-24-26-13-12-25(21-8-7-18-31-20-21)30(26,3)17-15-27(24)29/h4-10,12,18,20,23-24,26-27H,11,13-17,19H2,1-3H3/b5-4+,9-6+/t23-,24-,26-,27-,29-,30+/m0/s1. The summed E-state index contributed by atoms with van der Waals surface area (Å²) in [4.78, 5) is 16.6. The maximum atomic E-state index is 12.2. The minimum atomic E-state index is -0.218. The highest BCUT2D eigenvalue weighted by Crippen LogP contribution is 2.66. The Bertz CT molecular complexity index is 1020. The van der Waals surface area contributed by atoms with Crippen molar-refractivity contribution in [3.05, 3.63) is 72.1 Å². The number of fused-ring (bicyclic) bond motifs is 5. The fourth-order valence-electron chi connectivity index (χ4n) is 7.71. The number of hydrogen-bond acceptors (Lipinski definition) is 3. The molecule has 4 aliphatic rings. The molecule has 0 spiro atoms. The van der Waals surface area contributed by atoms with Crippen molar-refractivity contribution in [2.24, 2.45) is 28.6 Å². The van der Waals surface area contributed by atoms with E-state index < -0.39 is 0 Å². The van der Waals surface area contributed by atoms with Crippen LogP contribution >= 0.6 is 0 Å². The van der Waals surface area contributed by atoms with Crippen LogP contribution in [0.15, 0.2) is 66.6 Å². The summed E-state index contributed by atoms with van der Waals surface area (Å²) < 4.78 is 5.80. The van der Waals surface area contributed by atoms with Crippen molar-refractivity contribution in [3.63, 3.8) is 0 Å². The number of ether oxygens (including phenoxy) is 1. The molecule has 0 aromatic carbocycles. The van der Waals surface area contributed by atoms with E-state index in [0.717, 1.165) is 31.1 Å². The second kappa shape index (κ2) is 8.74. The summed E-state index contributed by atoms with van der Waals surface area (Å²) >= 11 is 0. The van der Waals surface area contributed by atoms with Crippen LogP contribution in [0.4, 0.5) is 0 Å². The third-order valence-electron chi connectivity index (χ3n) is 9.43. The molecule has 1 heterocycles. The van der Waals surface area contributed by atoms with E-state index >= 15 is 0 Å². The molecule has 0 unspecified atom stereocenters. The van der Waals surface area contributed by atoms with Crippen molar-refractivity contribution in [1.82, 2.24) is 4.98 Å². The smallest absolute Gasteiger partial charge is 0.331 e. The number of carbonyl (C=O) groups is 1. The van der Waals surface area contributed by atoms with E-state index in [1.807, 2.05) is 31.5 Å². The number of esters is 1. The van der Waals surface area contributed by atoms with E-state index in [2.05, 4.69) is 43.1 Å². The van der Waals surface area contributed by atoms with Crippen LogP contribution in [0, 0.1) is 28.6 Å². The van der Waals surface area contributed by atoms with Crippen LogP contribution in [0.1, 0.15) is 71.3 Å². The van der Waals surface area contributed by atoms with Crippen molar-refractivity contribution in [2.75, 3.05) is 0 Å². The normalized spacial score (nSPS) is 37.8. The average Bonchev–Trinajstić information content (AvgIpc) is 3.17. The van der Waals surface area contributed by atoms with Gasteiger partial charge in [0.15, 0.2) is 0 Å². The van der Waals surface area contributed by atoms with Gasteiger partial charge < -0.3 is 4.74 Å². The molecule has 0 aliphatic heterocycles. The Labute approximate surface area is 198 Å². The first kappa shape index (κ1) is 22.4. The molecule has 1 aromatic rings. The molecule has 4 aliphatic carbocycles. The highest BCUT2D eigenvalue weighted by molar-refractivity contribution is 5.82. The van der Waals surface area contributed by atoms with E-state index in [9.17, 15) is 4.79 Å². The number of nitrogens with zero attached hydrogens (tertiary/aromatic N) is 1. The fraction of sp³-hybridized carbons (Fsp3) is 0.533. The van der Waals surface area contributed by atoms with Gasteiger partial charge in [-0.25, -0.2) is 4.79 Å². The van der Waals surface area contributed by atoms with Gasteiger partial charge in [-0.2, -0.15) is 0 Å². The Morgan fingerprint density at radius 1 is 1.09 bits per heavy atom. The summed E-state index contributed by atoms with van der Waals surface area (Å²) in [6.45, 7) is 6.96.